The van der Waals surface area contributed by atoms with Crippen LogP contribution in [0.5, 0.6) is 0 Å². The highest BCUT2D eigenvalue weighted by Gasteiger charge is 2.50. The molecule has 1 amide bonds. The highest BCUT2D eigenvalue weighted by molar-refractivity contribution is 5.76. The monoisotopic (exact) mass is 395 g/mol. The average Bonchev–Trinajstić information content (AvgIpc) is 2.94. The van der Waals surface area contributed by atoms with E-state index in [1.54, 1.807) is 12.1 Å². The molecule has 0 saturated carbocycles. The lowest BCUT2D eigenvalue weighted by molar-refractivity contribution is -0.119. The molecule has 4 rings (SSSR count). The van der Waals surface area contributed by atoms with Crippen molar-refractivity contribution in [3.8, 4) is 0 Å². The summed E-state index contributed by atoms with van der Waals surface area (Å²) in [6.07, 6.45) is 2.92. The molecule has 0 unspecified atom stereocenters. The molecule has 2 aromatic rings. The highest BCUT2D eigenvalue weighted by atomic mass is 19.1. The second-order valence-corrected chi connectivity index (χ2v) is 9.03. The van der Waals surface area contributed by atoms with Crippen molar-refractivity contribution in [2.75, 3.05) is 24.5 Å². The molecule has 2 heterocycles. The number of hydrogen-bond donors (Lipinski definition) is 1. The van der Waals surface area contributed by atoms with Gasteiger partial charge in [-0.15, -0.1) is 0 Å². The van der Waals surface area contributed by atoms with Gasteiger partial charge in [0.2, 0.25) is 5.91 Å². The van der Waals surface area contributed by atoms with Gasteiger partial charge in [-0.3, -0.25) is 9.69 Å². The summed E-state index contributed by atoms with van der Waals surface area (Å²) < 4.78 is 13.4. The van der Waals surface area contributed by atoms with Gasteiger partial charge in [0, 0.05) is 30.4 Å². The zero-order valence-corrected chi connectivity index (χ0v) is 17.3. The number of amides is 1. The Kier molecular flexibility index (Phi) is 5.34. The fourth-order valence-electron chi connectivity index (χ4n) is 5.54. The highest BCUT2D eigenvalue weighted by Crippen LogP contribution is 2.46. The number of anilines is 1. The number of aryl methyl sites for hydroxylation is 1. The lowest BCUT2D eigenvalue weighted by Crippen LogP contribution is -2.51. The maximum Gasteiger partial charge on any atom is 0.231 e. The van der Waals surface area contributed by atoms with Crippen LogP contribution in [0, 0.1) is 18.7 Å². The Morgan fingerprint density at radius 2 is 2.00 bits per heavy atom. The second kappa shape index (κ2) is 7.79. The number of halogens is 1. The lowest BCUT2D eigenvalue weighted by atomic mass is 9.85. The number of rotatable bonds is 5. The second-order valence-electron chi connectivity index (χ2n) is 9.03. The van der Waals surface area contributed by atoms with Gasteiger partial charge in [0.25, 0.3) is 0 Å². The van der Waals surface area contributed by atoms with E-state index in [0.29, 0.717) is 18.5 Å². The summed E-state index contributed by atoms with van der Waals surface area (Å²) in [5.41, 5.74) is 9.03. The predicted molar refractivity (Wildman–Crippen MR) is 114 cm³/mol. The molecule has 2 saturated heterocycles. The molecule has 2 N–H and O–H groups in total. The van der Waals surface area contributed by atoms with Crippen LogP contribution in [0.3, 0.4) is 0 Å². The quantitative estimate of drug-likeness (QED) is 0.843. The van der Waals surface area contributed by atoms with Crippen molar-refractivity contribution < 1.29 is 9.18 Å². The summed E-state index contributed by atoms with van der Waals surface area (Å²) in [7, 11) is 0. The van der Waals surface area contributed by atoms with E-state index in [9.17, 15) is 9.18 Å². The van der Waals surface area contributed by atoms with Gasteiger partial charge >= 0.3 is 0 Å². The number of nitrogens with two attached hydrogens (primary N) is 1. The molecule has 0 spiro atoms. The Morgan fingerprint density at radius 3 is 2.69 bits per heavy atom. The van der Waals surface area contributed by atoms with Gasteiger partial charge in [0.15, 0.2) is 0 Å². The number of carbonyl (C=O) groups excluding carboxylic acids is 1. The summed E-state index contributed by atoms with van der Waals surface area (Å²) in [6.45, 7) is 6.58. The molecule has 0 bridgehead atoms. The molecular weight excluding hydrogens is 365 g/mol. The number of primary amides is 1. The van der Waals surface area contributed by atoms with Crippen LogP contribution in [0.2, 0.25) is 0 Å². The van der Waals surface area contributed by atoms with E-state index >= 15 is 0 Å². The van der Waals surface area contributed by atoms with Gasteiger partial charge in [-0.1, -0.05) is 24.3 Å². The Hall–Kier alpha value is -2.40. The van der Waals surface area contributed by atoms with E-state index in [0.717, 1.165) is 37.9 Å². The minimum absolute atomic E-state index is 0.0658. The van der Waals surface area contributed by atoms with Crippen LogP contribution in [-0.4, -0.2) is 42.0 Å². The van der Waals surface area contributed by atoms with Crippen LogP contribution >= 0.6 is 0 Å². The maximum absolute atomic E-state index is 13.4. The van der Waals surface area contributed by atoms with Gasteiger partial charge < -0.3 is 10.6 Å². The van der Waals surface area contributed by atoms with Crippen LogP contribution in [-0.2, 0) is 11.2 Å². The third-order valence-corrected chi connectivity index (χ3v) is 6.55. The van der Waals surface area contributed by atoms with Crippen LogP contribution in [0.4, 0.5) is 10.1 Å². The first kappa shape index (κ1) is 19.9. The van der Waals surface area contributed by atoms with Crippen LogP contribution in [0.25, 0.3) is 0 Å². The van der Waals surface area contributed by atoms with Gasteiger partial charge in [-0.2, -0.15) is 0 Å². The van der Waals surface area contributed by atoms with Crippen molar-refractivity contribution in [1.29, 1.82) is 0 Å². The minimum atomic E-state index is -0.258. The van der Waals surface area contributed by atoms with E-state index in [1.807, 2.05) is 12.1 Å². The van der Waals surface area contributed by atoms with Crippen molar-refractivity contribution in [1.82, 2.24) is 4.90 Å². The number of piperidine rings is 1. The molecular formula is C24H30FN3O. The van der Waals surface area contributed by atoms with Gasteiger partial charge in [-0.05, 0) is 74.4 Å². The van der Waals surface area contributed by atoms with Crippen molar-refractivity contribution >= 4 is 11.6 Å². The largest absolute Gasteiger partial charge is 0.369 e. The Bertz CT molecular complexity index is 884. The molecule has 2 aromatic carbocycles. The van der Waals surface area contributed by atoms with Crippen molar-refractivity contribution in [2.24, 2.45) is 11.7 Å². The van der Waals surface area contributed by atoms with E-state index < -0.39 is 0 Å². The van der Waals surface area contributed by atoms with Gasteiger partial charge in [0.1, 0.15) is 5.82 Å². The molecule has 0 radical (unpaired) electrons. The molecule has 5 heteroatoms. The molecule has 2 aliphatic heterocycles. The Labute approximate surface area is 172 Å². The van der Waals surface area contributed by atoms with Crippen LogP contribution in [0.1, 0.15) is 30.9 Å². The zero-order chi connectivity index (χ0) is 20.6. The van der Waals surface area contributed by atoms with Crippen molar-refractivity contribution in [2.45, 2.75) is 44.7 Å². The maximum atomic E-state index is 13.4. The molecule has 3 atom stereocenters. The third kappa shape index (κ3) is 4.15. The lowest BCUT2D eigenvalue weighted by Gasteiger charge is -2.43. The number of hydrogen-bond acceptors (Lipinski definition) is 3. The minimum Gasteiger partial charge on any atom is -0.369 e. The number of nitrogens with zero attached hydrogens (tertiary/aromatic N) is 2. The fourth-order valence-corrected chi connectivity index (χ4v) is 5.54. The smallest absolute Gasteiger partial charge is 0.231 e. The normalized spacial score (nSPS) is 27.1. The molecule has 2 aliphatic rings. The standard InChI is InChI=1S/C24H30FN3O/c1-17-4-3-5-21(12-17)28-22-10-11-27(16-23(26)29)15-19(22)14-24(28,2)13-18-6-8-20(25)9-7-18/h3-9,12,19,22H,10-11,13-16H2,1-2H3,(H2,26,29)/t19-,22+,24-/m1/s1. The predicted octanol–water partition coefficient (Wildman–Crippen LogP) is 3.52. The first-order valence-electron chi connectivity index (χ1n) is 10.5. The summed E-state index contributed by atoms with van der Waals surface area (Å²) in [5.74, 6) is 0.0248. The number of fused-ring (bicyclic) bond motifs is 1. The average molecular weight is 396 g/mol. The zero-order valence-electron chi connectivity index (χ0n) is 17.3. The molecule has 0 aliphatic carbocycles. The third-order valence-electron chi connectivity index (χ3n) is 6.55. The molecule has 0 aromatic heterocycles. The van der Waals surface area contributed by atoms with Crippen LogP contribution < -0.4 is 10.6 Å². The summed E-state index contributed by atoms with van der Waals surface area (Å²) in [6, 6.07) is 16.1. The number of carbonyl (C=O) groups is 1. The number of benzene rings is 2. The van der Waals surface area contributed by atoms with Gasteiger partial charge in [-0.25, -0.2) is 4.39 Å². The molecule has 29 heavy (non-hydrogen) atoms. The van der Waals surface area contributed by atoms with Crippen LogP contribution in [0.15, 0.2) is 48.5 Å². The Balaban J connectivity index is 1.66. The first-order valence-corrected chi connectivity index (χ1v) is 10.5. The number of likely N-dealkylation sites (tertiary alicyclic amines) is 1. The van der Waals surface area contributed by atoms with Crippen molar-refractivity contribution in [3.05, 3.63) is 65.5 Å². The summed E-state index contributed by atoms with van der Waals surface area (Å²) in [4.78, 5) is 16.2. The SMILES string of the molecule is Cc1cccc(N2[C@H]3CCN(CC(N)=O)C[C@H]3C[C@@]2(C)Cc2ccc(F)cc2)c1. The summed E-state index contributed by atoms with van der Waals surface area (Å²) in [5, 5.41) is 0. The molecule has 2 fully saturated rings. The van der Waals surface area contributed by atoms with Crippen molar-refractivity contribution in [3.63, 3.8) is 0 Å². The van der Waals surface area contributed by atoms with E-state index in [4.69, 9.17) is 5.73 Å². The first-order chi connectivity index (χ1) is 13.8. The van der Waals surface area contributed by atoms with E-state index in [1.165, 1.54) is 11.3 Å². The molecule has 154 valence electrons. The van der Waals surface area contributed by atoms with Gasteiger partial charge in [0.05, 0.1) is 6.54 Å². The molecule has 4 nitrogen and oxygen atoms in total. The Morgan fingerprint density at radius 1 is 1.24 bits per heavy atom. The topological polar surface area (TPSA) is 49.6 Å². The van der Waals surface area contributed by atoms with E-state index in [2.05, 4.69) is 47.9 Å². The summed E-state index contributed by atoms with van der Waals surface area (Å²) >= 11 is 0. The fraction of sp³-hybridized carbons (Fsp3) is 0.458. The van der Waals surface area contributed by atoms with E-state index in [-0.39, 0.29) is 17.3 Å².